The number of ether oxygens (including phenoxy) is 2. The summed E-state index contributed by atoms with van der Waals surface area (Å²) in [6, 6.07) is 15.5. The maximum atomic E-state index is 13.0. The number of carbonyl (C=O) groups is 1. The predicted molar refractivity (Wildman–Crippen MR) is 126 cm³/mol. The zero-order valence-electron chi connectivity index (χ0n) is 19.1. The second-order valence-corrected chi connectivity index (χ2v) is 8.32. The van der Waals surface area contributed by atoms with Gasteiger partial charge in [-0.2, -0.15) is 0 Å². The number of methoxy groups -OCH3 is 1. The monoisotopic (exact) mass is 447 g/mol. The van der Waals surface area contributed by atoms with Gasteiger partial charge in [0.15, 0.2) is 0 Å². The number of rotatable bonds is 7. The van der Waals surface area contributed by atoms with E-state index in [0.717, 1.165) is 25.2 Å². The molecule has 1 aromatic carbocycles. The van der Waals surface area contributed by atoms with Gasteiger partial charge in [0.05, 0.1) is 7.11 Å². The van der Waals surface area contributed by atoms with E-state index in [9.17, 15) is 9.59 Å². The van der Waals surface area contributed by atoms with Crippen molar-refractivity contribution in [1.82, 2.24) is 14.5 Å². The number of carbonyl (C=O) groups excluding carboxylic acids is 1. The molecule has 33 heavy (non-hydrogen) atoms. The molecular formula is C26H29N3O4. The van der Waals surface area contributed by atoms with Crippen molar-refractivity contribution in [2.24, 2.45) is 0 Å². The van der Waals surface area contributed by atoms with Gasteiger partial charge < -0.3 is 18.9 Å². The van der Waals surface area contributed by atoms with Crippen molar-refractivity contribution in [1.29, 1.82) is 0 Å². The number of esters is 1. The zero-order valence-corrected chi connectivity index (χ0v) is 19.1. The Labute approximate surface area is 193 Å². The van der Waals surface area contributed by atoms with Crippen molar-refractivity contribution in [3.8, 4) is 5.75 Å². The molecule has 0 aliphatic carbocycles. The normalized spacial score (nSPS) is 14.7. The maximum absolute atomic E-state index is 13.0. The molecule has 1 aliphatic rings. The van der Waals surface area contributed by atoms with Crippen molar-refractivity contribution >= 4 is 5.97 Å². The number of hydrogen-bond acceptors (Lipinski definition) is 6. The van der Waals surface area contributed by atoms with Gasteiger partial charge in [-0.3, -0.25) is 9.78 Å². The smallest absolute Gasteiger partial charge is 0.343 e. The lowest BCUT2D eigenvalue weighted by Crippen LogP contribution is -2.31. The van der Waals surface area contributed by atoms with Crippen LogP contribution in [0.25, 0.3) is 0 Å². The van der Waals surface area contributed by atoms with Crippen LogP contribution >= 0.6 is 0 Å². The van der Waals surface area contributed by atoms with Gasteiger partial charge in [-0.1, -0.05) is 43.3 Å². The van der Waals surface area contributed by atoms with Gasteiger partial charge in [0.1, 0.15) is 17.9 Å². The summed E-state index contributed by atoms with van der Waals surface area (Å²) >= 11 is 0. The second-order valence-electron chi connectivity index (χ2n) is 8.32. The Morgan fingerprint density at radius 3 is 2.67 bits per heavy atom. The molecule has 0 bridgehead atoms. The SMILES string of the molecule is COC(=O)c1c(OCc2cccnc2)cc(=O)n2c1CCN(CC(C)c1ccccc1)CC2. The summed E-state index contributed by atoms with van der Waals surface area (Å²) in [5, 5.41) is 0. The van der Waals surface area contributed by atoms with E-state index in [1.165, 1.54) is 18.7 Å². The quantitative estimate of drug-likeness (QED) is 0.518. The van der Waals surface area contributed by atoms with Crippen molar-refractivity contribution in [3.63, 3.8) is 0 Å². The maximum Gasteiger partial charge on any atom is 0.343 e. The predicted octanol–water partition coefficient (Wildman–Crippen LogP) is 3.27. The highest BCUT2D eigenvalue weighted by atomic mass is 16.5. The molecule has 1 aliphatic heterocycles. The van der Waals surface area contributed by atoms with E-state index in [1.807, 2.05) is 18.2 Å². The topological polar surface area (TPSA) is 73.7 Å². The molecule has 0 N–H and O–H groups in total. The van der Waals surface area contributed by atoms with Crippen LogP contribution in [0.2, 0.25) is 0 Å². The van der Waals surface area contributed by atoms with Crippen LogP contribution in [0.4, 0.5) is 0 Å². The summed E-state index contributed by atoms with van der Waals surface area (Å²) in [6.45, 7) is 5.30. The van der Waals surface area contributed by atoms with Crippen LogP contribution in [0.5, 0.6) is 5.75 Å². The van der Waals surface area contributed by atoms with Crippen LogP contribution in [0.1, 0.15) is 40.0 Å². The molecule has 1 unspecified atom stereocenters. The molecule has 0 saturated heterocycles. The Kier molecular flexibility index (Phi) is 7.19. The first-order valence-electron chi connectivity index (χ1n) is 11.2. The summed E-state index contributed by atoms with van der Waals surface area (Å²) in [7, 11) is 1.35. The minimum Gasteiger partial charge on any atom is -0.488 e. The van der Waals surface area contributed by atoms with Crippen LogP contribution in [-0.2, 0) is 24.3 Å². The fourth-order valence-electron chi connectivity index (χ4n) is 4.33. The van der Waals surface area contributed by atoms with Crippen LogP contribution in [0, 0.1) is 0 Å². The summed E-state index contributed by atoms with van der Waals surface area (Å²) in [4.78, 5) is 32.1. The Morgan fingerprint density at radius 1 is 1.12 bits per heavy atom. The van der Waals surface area contributed by atoms with Gasteiger partial charge in [0.25, 0.3) is 5.56 Å². The highest BCUT2D eigenvalue weighted by Gasteiger charge is 2.26. The van der Waals surface area contributed by atoms with E-state index in [-0.39, 0.29) is 17.9 Å². The van der Waals surface area contributed by atoms with Gasteiger partial charge in [0.2, 0.25) is 0 Å². The van der Waals surface area contributed by atoms with E-state index >= 15 is 0 Å². The summed E-state index contributed by atoms with van der Waals surface area (Å²) in [6.07, 6.45) is 3.94. The molecule has 1 atom stereocenters. The number of pyridine rings is 2. The fraction of sp³-hybridized carbons (Fsp3) is 0.346. The highest BCUT2D eigenvalue weighted by molar-refractivity contribution is 5.93. The minimum absolute atomic E-state index is 0.170. The first kappa shape index (κ1) is 22.7. The number of aromatic nitrogens is 2. The standard InChI is InChI=1S/C26H29N3O4/c1-19(21-8-4-3-5-9-21)17-28-12-10-22-25(26(31)32-2)23(15-24(30)29(22)14-13-28)33-18-20-7-6-11-27-16-20/h3-9,11,15-16,19H,10,12-14,17-18H2,1-2H3. The molecule has 0 radical (unpaired) electrons. The van der Waals surface area contributed by atoms with Crippen LogP contribution in [0.15, 0.2) is 65.7 Å². The number of fused-ring (bicyclic) bond motifs is 1. The van der Waals surface area contributed by atoms with E-state index in [2.05, 4.69) is 41.1 Å². The molecule has 0 fully saturated rings. The Bertz CT molecular complexity index is 1150. The van der Waals surface area contributed by atoms with Gasteiger partial charge >= 0.3 is 5.97 Å². The summed E-state index contributed by atoms with van der Waals surface area (Å²) in [5.41, 5.74) is 2.98. The van der Waals surface area contributed by atoms with Crippen molar-refractivity contribution < 1.29 is 14.3 Å². The van der Waals surface area contributed by atoms with Crippen LogP contribution in [0.3, 0.4) is 0 Å². The van der Waals surface area contributed by atoms with E-state index in [1.54, 1.807) is 17.0 Å². The largest absolute Gasteiger partial charge is 0.488 e. The third-order valence-corrected chi connectivity index (χ3v) is 6.09. The first-order valence-corrected chi connectivity index (χ1v) is 11.2. The second kappa shape index (κ2) is 10.4. The average Bonchev–Trinajstić information content (AvgIpc) is 3.06. The molecule has 7 nitrogen and oxygen atoms in total. The molecule has 3 aromatic rings. The van der Waals surface area contributed by atoms with Gasteiger partial charge in [-0.25, -0.2) is 4.79 Å². The average molecular weight is 448 g/mol. The summed E-state index contributed by atoms with van der Waals surface area (Å²) in [5.74, 6) is 0.127. The van der Waals surface area contributed by atoms with E-state index in [4.69, 9.17) is 9.47 Å². The number of benzene rings is 1. The molecule has 172 valence electrons. The van der Waals surface area contributed by atoms with Crippen molar-refractivity contribution in [2.45, 2.75) is 32.4 Å². The molecule has 3 heterocycles. The lowest BCUT2D eigenvalue weighted by Gasteiger charge is -2.24. The Hall–Kier alpha value is -3.45. The third-order valence-electron chi connectivity index (χ3n) is 6.09. The van der Waals surface area contributed by atoms with Crippen LogP contribution < -0.4 is 10.3 Å². The fourth-order valence-corrected chi connectivity index (χ4v) is 4.33. The molecule has 4 rings (SSSR count). The van der Waals surface area contributed by atoms with Gasteiger partial charge in [-0.05, 0) is 17.5 Å². The highest BCUT2D eigenvalue weighted by Crippen LogP contribution is 2.25. The van der Waals surface area contributed by atoms with Crippen molar-refractivity contribution in [2.75, 3.05) is 26.7 Å². The number of hydrogen-bond donors (Lipinski definition) is 0. The molecule has 0 spiro atoms. The molecule has 0 amide bonds. The zero-order chi connectivity index (χ0) is 23.2. The van der Waals surface area contributed by atoms with E-state index in [0.29, 0.717) is 30.1 Å². The summed E-state index contributed by atoms with van der Waals surface area (Å²) < 4.78 is 12.7. The molecular weight excluding hydrogens is 418 g/mol. The lowest BCUT2D eigenvalue weighted by atomic mass is 10.0. The lowest BCUT2D eigenvalue weighted by molar-refractivity contribution is 0.0592. The van der Waals surface area contributed by atoms with Crippen molar-refractivity contribution in [3.05, 3.63) is 93.7 Å². The van der Waals surface area contributed by atoms with Crippen LogP contribution in [-0.4, -0.2) is 47.2 Å². The molecule has 2 aromatic heterocycles. The van der Waals surface area contributed by atoms with Gasteiger partial charge in [-0.15, -0.1) is 0 Å². The molecule has 7 heteroatoms. The minimum atomic E-state index is -0.494. The van der Waals surface area contributed by atoms with Gasteiger partial charge in [0, 0.05) is 62.3 Å². The van der Waals surface area contributed by atoms with E-state index < -0.39 is 5.97 Å². The number of nitrogens with zero attached hydrogens (tertiary/aromatic N) is 3. The molecule has 0 saturated carbocycles. The Balaban J connectivity index is 1.57. The third kappa shape index (κ3) is 5.31. The first-order chi connectivity index (χ1) is 16.1. The Morgan fingerprint density at radius 2 is 1.94 bits per heavy atom.